The van der Waals surface area contributed by atoms with Gasteiger partial charge in [-0.05, 0) is 24.6 Å². The zero-order valence-corrected chi connectivity index (χ0v) is 13.8. The Labute approximate surface area is 137 Å². The standard InChI is InChI=1S/C18H23N5/c1-11(2)18-22-15(16-17(19)20-9-10-23(16)18)13-5-7-14(8-6-13)21-12(3)4/h5-11,15-16,21H,3H2,1-2,4H3,(H2,19,20). The highest BCUT2D eigenvalue weighted by atomic mass is 15.3. The van der Waals surface area contributed by atoms with Gasteiger partial charge in [0, 0.05) is 29.7 Å². The van der Waals surface area contributed by atoms with E-state index in [0.29, 0.717) is 11.8 Å². The Bertz CT molecular complexity index is 697. The smallest absolute Gasteiger partial charge is 0.125 e. The fourth-order valence-electron chi connectivity index (χ4n) is 3.03. The maximum atomic E-state index is 6.17. The number of hydrogen-bond donors (Lipinski definition) is 2. The van der Waals surface area contributed by atoms with Crippen molar-refractivity contribution in [3.05, 3.63) is 54.5 Å². The lowest BCUT2D eigenvalue weighted by molar-refractivity contribution is 0.455. The molecule has 2 heterocycles. The summed E-state index contributed by atoms with van der Waals surface area (Å²) in [6.45, 7) is 10.1. The number of nitrogens with one attached hydrogen (secondary N) is 1. The van der Waals surface area contributed by atoms with Crippen molar-refractivity contribution < 1.29 is 0 Å². The summed E-state index contributed by atoms with van der Waals surface area (Å²) in [5.41, 5.74) is 9.24. The highest BCUT2D eigenvalue weighted by molar-refractivity contribution is 5.98. The number of fused-ring (bicyclic) bond motifs is 1. The molecule has 0 amide bonds. The van der Waals surface area contributed by atoms with E-state index in [4.69, 9.17) is 10.7 Å². The predicted octanol–water partition coefficient (Wildman–Crippen LogP) is 3.25. The van der Waals surface area contributed by atoms with E-state index in [1.807, 2.05) is 25.3 Å². The fraction of sp³-hybridized carbons (Fsp3) is 0.333. The maximum Gasteiger partial charge on any atom is 0.125 e. The molecule has 23 heavy (non-hydrogen) atoms. The van der Waals surface area contributed by atoms with E-state index in [0.717, 1.165) is 22.8 Å². The third-order valence-corrected chi connectivity index (χ3v) is 4.01. The molecule has 120 valence electrons. The number of amidine groups is 2. The first-order chi connectivity index (χ1) is 11.0. The minimum atomic E-state index is -0.0302. The van der Waals surface area contributed by atoms with Gasteiger partial charge in [-0.2, -0.15) is 0 Å². The summed E-state index contributed by atoms with van der Waals surface area (Å²) < 4.78 is 0. The summed E-state index contributed by atoms with van der Waals surface area (Å²) in [6.07, 6.45) is 3.71. The van der Waals surface area contributed by atoms with Gasteiger partial charge >= 0.3 is 0 Å². The molecule has 1 aromatic carbocycles. The third kappa shape index (κ3) is 2.86. The highest BCUT2D eigenvalue weighted by Crippen LogP contribution is 2.35. The number of hydrogen-bond acceptors (Lipinski definition) is 5. The second kappa shape index (κ2) is 5.91. The average Bonchev–Trinajstić information content (AvgIpc) is 2.89. The van der Waals surface area contributed by atoms with Crippen LogP contribution in [-0.4, -0.2) is 22.6 Å². The number of benzene rings is 1. The van der Waals surface area contributed by atoms with Crippen LogP contribution in [0.4, 0.5) is 5.69 Å². The van der Waals surface area contributed by atoms with E-state index in [1.165, 1.54) is 0 Å². The van der Waals surface area contributed by atoms with Crippen LogP contribution < -0.4 is 11.1 Å². The molecule has 2 aliphatic rings. The topological polar surface area (TPSA) is 66.0 Å². The van der Waals surface area contributed by atoms with Crippen LogP contribution >= 0.6 is 0 Å². The van der Waals surface area contributed by atoms with Gasteiger partial charge in [0.15, 0.2) is 0 Å². The Morgan fingerprint density at radius 1 is 1.30 bits per heavy atom. The Kier molecular flexibility index (Phi) is 3.94. The molecule has 2 atom stereocenters. The van der Waals surface area contributed by atoms with E-state index in [9.17, 15) is 0 Å². The zero-order valence-electron chi connectivity index (χ0n) is 13.8. The Morgan fingerprint density at radius 2 is 2.00 bits per heavy atom. The monoisotopic (exact) mass is 309 g/mol. The van der Waals surface area contributed by atoms with Crippen LogP contribution in [0.2, 0.25) is 0 Å². The van der Waals surface area contributed by atoms with Gasteiger partial charge in [0.05, 0.1) is 0 Å². The molecule has 1 aromatic rings. The van der Waals surface area contributed by atoms with Crippen molar-refractivity contribution >= 4 is 17.4 Å². The molecule has 0 saturated carbocycles. The van der Waals surface area contributed by atoms with E-state index in [2.05, 4.69) is 47.8 Å². The van der Waals surface area contributed by atoms with Gasteiger partial charge in [0.25, 0.3) is 0 Å². The molecule has 3 N–H and O–H groups in total. The summed E-state index contributed by atoms with van der Waals surface area (Å²) in [4.78, 5) is 11.4. The largest absolute Gasteiger partial charge is 0.385 e. The lowest BCUT2D eigenvalue weighted by Crippen LogP contribution is -2.45. The number of rotatable bonds is 4. The van der Waals surface area contributed by atoms with Crippen LogP contribution in [0.25, 0.3) is 0 Å². The van der Waals surface area contributed by atoms with Crippen molar-refractivity contribution in [2.45, 2.75) is 32.9 Å². The molecule has 3 rings (SSSR count). The molecule has 0 radical (unpaired) electrons. The van der Waals surface area contributed by atoms with Gasteiger partial charge in [-0.15, -0.1) is 0 Å². The van der Waals surface area contributed by atoms with Crippen LogP contribution in [0, 0.1) is 5.92 Å². The van der Waals surface area contributed by atoms with E-state index in [-0.39, 0.29) is 12.1 Å². The number of aliphatic imine (C=N–C) groups is 2. The number of nitrogens with two attached hydrogens (primary N) is 1. The number of anilines is 1. The maximum absolute atomic E-state index is 6.17. The third-order valence-electron chi connectivity index (χ3n) is 4.01. The molecular weight excluding hydrogens is 286 g/mol. The van der Waals surface area contributed by atoms with Crippen molar-refractivity contribution in [1.29, 1.82) is 0 Å². The van der Waals surface area contributed by atoms with Gasteiger partial charge in [-0.1, -0.05) is 32.6 Å². The summed E-state index contributed by atoms with van der Waals surface area (Å²) in [5.74, 6) is 2.00. The normalized spacial score (nSPS) is 22.7. The Morgan fingerprint density at radius 3 is 2.61 bits per heavy atom. The van der Waals surface area contributed by atoms with Gasteiger partial charge in [0.1, 0.15) is 23.8 Å². The fourth-order valence-corrected chi connectivity index (χ4v) is 3.03. The Balaban J connectivity index is 1.93. The number of nitrogens with zero attached hydrogens (tertiary/aromatic N) is 3. The lowest BCUT2D eigenvalue weighted by atomic mass is 9.98. The van der Waals surface area contributed by atoms with Gasteiger partial charge < -0.3 is 16.0 Å². The van der Waals surface area contributed by atoms with Crippen LogP contribution in [0.5, 0.6) is 0 Å². The first-order valence-corrected chi connectivity index (χ1v) is 7.85. The average molecular weight is 309 g/mol. The minimum absolute atomic E-state index is 0.0278. The molecule has 0 spiro atoms. The molecule has 0 bridgehead atoms. The van der Waals surface area contributed by atoms with E-state index < -0.39 is 0 Å². The van der Waals surface area contributed by atoms with Crippen molar-refractivity contribution in [2.24, 2.45) is 21.6 Å². The van der Waals surface area contributed by atoms with Crippen LogP contribution in [0.3, 0.4) is 0 Å². The molecule has 0 fully saturated rings. The highest BCUT2D eigenvalue weighted by Gasteiger charge is 2.40. The molecule has 0 aromatic heterocycles. The van der Waals surface area contributed by atoms with Crippen molar-refractivity contribution in [3.8, 4) is 0 Å². The molecular formula is C18H23N5. The quantitative estimate of drug-likeness (QED) is 0.897. The summed E-state index contributed by atoms with van der Waals surface area (Å²) >= 11 is 0. The van der Waals surface area contributed by atoms with Crippen molar-refractivity contribution in [3.63, 3.8) is 0 Å². The van der Waals surface area contributed by atoms with Gasteiger partial charge in [-0.3, -0.25) is 4.99 Å². The van der Waals surface area contributed by atoms with E-state index >= 15 is 0 Å². The molecule has 2 unspecified atom stereocenters. The molecule has 2 aliphatic heterocycles. The minimum Gasteiger partial charge on any atom is -0.385 e. The van der Waals surface area contributed by atoms with Crippen LogP contribution in [0.15, 0.2) is 58.9 Å². The number of allylic oxidation sites excluding steroid dienone is 1. The molecule has 0 aliphatic carbocycles. The summed E-state index contributed by atoms with van der Waals surface area (Å²) in [5, 5.41) is 3.21. The predicted molar refractivity (Wildman–Crippen MR) is 96.3 cm³/mol. The molecule has 5 heteroatoms. The lowest BCUT2D eigenvalue weighted by Gasteiger charge is -2.30. The molecule has 0 saturated heterocycles. The molecule has 5 nitrogen and oxygen atoms in total. The first-order valence-electron chi connectivity index (χ1n) is 7.85. The second-order valence-electron chi connectivity index (χ2n) is 6.32. The Hall–Kier alpha value is -2.56. The van der Waals surface area contributed by atoms with Gasteiger partial charge in [0.2, 0.25) is 0 Å². The second-order valence-corrected chi connectivity index (χ2v) is 6.32. The van der Waals surface area contributed by atoms with Gasteiger partial charge in [-0.25, -0.2) is 4.99 Å². The first kappa shape index (κ1) is 15.3. The SMILES string of the molecule is C=C(C)Nc1ccc(C2N=C(C(C)C)N3C=CN=C(N)C23)cc1. The summed E-state index contributed by atoms with van der Waals surface area (Å²) in [6, 6.07) is 8.21. The van der Waals surface area contributed by atoms with Crippen molar-refractivity contribution in [2.75, 3.05) is 5.32 Å². The van der Waals surface area contributed by atoms with Crippen LogP contribution in [-0.2, 0) is 0 Å². The zero-order chi connectivity index (χ0) is 16.6. The van der Waals surface area contributed by atoms with Crippen molar-refractivity contribution in [1.82, 2.24) is 4.90 Å². The van der Waals surface area contributed by atoms with E-state index in [1.54, 1.807) is 6.20 Å². The van der Waals surface area contributed by atoms with Crippen LogP contribution in [0.1, 0.15) is 32.4 Å². The summed E-state index contributed by atoms with van der Waals surface area (Å²) in [7, 11) is 0.